The van der Waals surface area contributed by atoms with E-state index >= 15 is 0 Å². The van der Waals surface area contributed by atoms with Crippen molar-refractivity contribution in [3.8, 4) is 0 Å². The molecule has 0 radical (unpaired) electrons. The van der Waals surface area contributed by atoms with Crippen molar-refractivity contribution in [1.82, 2.24) is 15.4 Å². The molecule has 7 nitrogen and oxygen atoms in total. The van der Waals surface area contributed by atoms with Gasteiger partial charge >= 0.3 is 5.97 Å². The van der Waals surface area contributed by atoms with Gasteiger partial charge in [0.1, 0.15) is 6.04 Å². The zero-order valence-electron chi connectivity index (χ0n) is 18.2. The van der Waals surface area contributed by atoms with Crippen LogP contribution in [0.1, 0.15) is 49.0 Å². The highest BCUT2D eigenvalue weighted by Gasteiger charge is 2.33. The Hall–Kier alpha value is -2.77. The molecule has 0 unspecified atom stereocenters. The smallest absolute Gasteiger partial charge is 0.357 e. The lowest BCUT2D eigenvalue weighted by Crippen LogP contribution is -2.54. The number of rotatable bonds is 9. The molecule has 1 N–H and O–H groups in total. The lowest BCUT2D eigenvalue weighted by atomic mass is 10.0. The van der Waals surface area contributed by atoms with Gasteiger partial charge in [0.25, 0.3) is 0 Å². The summed E-state index contributed by atoms with van der Waals surface area (Å²) in [5.41, 5.74) is 1.46. The van der Waals surface area contributed by atoms with Gasteiger partial charge in [-0.05, 0) is 48.9 Å². The fourth-order valence-electron chi connectivity index (χ4n) is 3.48. The van der Waals surface area contributed by atoms with Gasteiger partial charge in [-0.15, -0.1) is 5.06 Å². The molecule has 2 atom stereocenters. The predicted octanol–water partition coefficient (Wildman–Crippen LogP) is 3.37. The maximum Gasteiger partial charge on any atom is 0.357 e. The molecular formula is C24H31N3O4. The van der Waals surface area contributed by atoms with Crippen LogP contribution < -0.4 is 5.32 Å². The number of hydroxylamine groups is 2. The van der Waals surface area contributed by atoms with Crippen molar-refractivity contribution >= 4 is 11.9 Å². The van der Waals surface area contributed by atoms with Crippen molar-refractivity contribution in [2.45, 2.75) is 51.8 Å². The predicted molar refractivity (Wildman–Crippen MR) is 117 cm³/mol. The molecule has 166 valence electrons. The highest BCUT2D eigenvalue weighted by atomic mass is 16.7. The van der Waals surface area contributed by atoms with Crippen LogP contribution >= 0.6 is 0 Å². The minimum atomic E-state index is -0.499. The lowest BCUT2D eigenvalue weighted by molar-refractivity contribution is -0.167. The van der Waals surface area contributed by atoms with Crippen molar-refractivity contribution in [2.75, 3.05) is 13.2 Å². The van der Waals surface area contributed by atoms with E-state index in [0.29, 0.717) is 31.7 Å². The van der Waals surface area contributed by atoms with Crippen LogP contribution in [0.15, 0.2) is 54.9 Å². The van der Waals surface area contributed by atoms with Crippen LogP contribution in [0.25, 0.3) is 0 Å². The molecule has 1 aromatic heterocycles. The van der Waals surface area contributed by atoms with E-state index in [4.69, 9.17) is 9.57 Å². The third-order valence-electron chi connectivity index (χ3n) is 5.39. The number of piperidine rings is 1. The number of aromatic nitrogens is 1. The highest BCUT2D eigenvalue weighted by Crippen LogP contribution is 2.19. The Kier molecular flexibility index (Phi) is 8.55. The van der Waals surface area contributed by atoms with E-state index in [-0.39, 0.29) is 17.9 Å². The SMILES string of the molecule is CC(C)[C@@H](COCc1cccnc1)NC(=O)[C@@H]1CCCCN1OC(=O)c1ccccc1. The molecule has 1 aromatic carbocycles. The lowest BCUT2D eigenvalue weighted by Gasteiger charge is -2.34. The highest BCUT2D eigenvalue weighted by molar-refractivity contribution is 5.89. The number of nitrogens with zero attached hydrogens (tertiary/aromatic N) is 2. The van der Waals surface area contributed by atoms with Gasteiger partial charge in [-0.3, -0.25) is 9.78 Å². The largest absolute Gasteiger partial charge is 0.375 e. The first-order valence-electron chi connectivity index (χ1n) is 10.9. The molecule has 1 amide bonds. The molecule has 2 aromatic rings. The summed E-state index contributed by atoms with van der Waals surface area (Å²) in [5.74, 6) is -0.383. The van der Waals surface area contributed by atoms with Gasteiger partial charge in [0.15, 0.2) is 0 Å². The minimum Gasteiger partial charge on any atom is -0.375 e. The second-order valence-electron chi connectivity index (χ2n) is 8.13. The molecule has 1 fully saturated rings. The molecule has 2 heterocycles. The maximum atomic E-state index is 13.1. The number of ether oxygens (including phenoxy) is 1. The molecule has 0 spiro atoms. The van der Waals surface area contributed by atoms with E-state index in [1.165, 1.54) is 5.06 Å². The van der Waals surface area contributed by atoms with Crippen LogP contribution in [-0.2, 0) is 21.0 Å². The monoisotopic (exact) mass is 425 g/mol. The van der Waals surface area contributed by atoms with Crippen molar-refractivity contribution in [3.63, 3.8) is 0 Å². The first-order chi connectivity index (χ1) is 15.0. The molecule has 3 rings (SSSR count). The summed E-state index contributed by atoms with van der Waals surface area (Å²) in [7, 11) is 0. The summed E-state index contributed by atoms with van der Waals surface area (Å²) in [5, 5.41) is 4.63. The van der Waals surface area contributed by atoms with Crippen molar-refractivity contribution in [2.24, 2.45) is 5.92 Å². The Morgan fingerprint density at radius 3 is 2.68 bits per heavy atom. The molecular weight excluding hydrogens is 394 g/mol. The van der Waals surface area contributed by atoms with Crippen molar-refractivity contribution in [3.05, 3.63) is 66.0 Å². The van der Waals surface area contributed by atoms with Crippen LogP contribution in [0, 0.1) is 5.92 Å². The fourth-order valence-corrected chi connectivity index (χ4v) is 3.48. The summed E-state index contributed by atoms with van der Waals surface area (Å²) in [6.45, 7) is 5.48. The van der Waals surface area contributed by atoms with Gasteiger partial charge < -0.3 is 14.9 Å². The molecule has 0 bridgehead atoms. The van der Waals surface area contributed by atoms with Crippen LogP contribution in [0.5, 0.6) is 0 Å². The summed E-state index contributed by atoms with van der Waals surface area (Å²) in [6.07, 6.45) is 5.94. The Labute approximate surface area is 183 Å². The number of hydrogen-bond acceptors (Lipinski definition) is 6. The molecule has 0 aliphatic carbocycles. The Bertz CT molecular complexity index is 829. The Morgan fingerprint density at radius 1 is 1.16 bits per heavy atom. The van der Waals surface area contributed by atoms with E-state index in [1.54, 1.807) is 36.7 Å². The minimum absolute atomic E-state index is 0.135. The molecule has 31 heavy (non-hydrogen) atoms. The van der Waals surface area contributed by atoms with E-state index in [9.17, 15) is 9.59 Å². The van der Waals surface area contributed by atoms with Gasteiger partial charge in [-0.2, -0.15) is 0 Å². The first kappa shape index (κ1) is 22.9. The second kappa shape index (κ2) is 11.6. The number of pyridine rings is 1. The standard InChI is InChI=1S/C24H31N3O4/c1-18(2)21(17-30-16-19-9-8-13-25-15-19)26-23(28)22-12-6-7-14-27(22)31-24(29)20-10-4-3-5-11-20/h3-5,8-11,13,15,18,21-22H,6-7,12,14,16-17H2,1-2H3,(H,26,28)/t21-,22+/m1/s1. The van der Waals surface area contributed by atoms with Crippen molar-refractivity contribution < 1.29 is 19.2 Å². The second-order valence-corrected chi connectivity index (χ2v) is 8.13. The number of benzene rings is 1. The number of amides is 1. The summed E-state index contributed by atoms with van der Waals surface area (Å²) in [4.78, 5) is 35.2. The summed E-state index contributed by atoms with van der Waals surface area (Å²) >= 11 is 0. The normalized spacial score (nSPS) is 17.8. The number of nitrogens with one attached hydrogen (secondary N) is 1. The quantitative estimate of drug-likeness (QED) is 0.664. The maximum absolute atomic E-state index is 13.1. The van der Waals surface area contributed by atoms with E-state index < -0.39 is 12.0 Å². The van der Waals surface area contributed by atoms with Gasteiger partial charge in [0.2, 0.25) is 5.91 Å². The summed E-state index contributed by atoms with van der Waals surface area (Å²) < 4.78 is 5.83. The fraction of sp³-hybridized carbons (Fsp3) is 0.458. The van der Waals surface area contributed by atoms with E-state index in [1.807, 2.05) is 32.0 Å². The van der Waals surface area contributed by atoms with Gasteiger partial charge in [0, 0.05) is 18.9 Å². The Balaban J connectivity index is 1.56. The molecule has 1 saturated heterocycles. The molecule has 7 heteroatoms. The topological polar surface area (TPSA) is 80.8 Å². The zero-order valence-corrected chi connectivity index (χ0v) is 18.2. The molecule has 0 saturated carbocycles. The van der Waals surface area contributed by atoms with E-state index in [2.05, 4.69) is 10.3 Å². The average Bonchev–Trinajstić information content (AvgIpc) is 2.80. The Morgan fingerprint density at radius 2 is 1.97 bits per heavy atom. The average molecular weight is 426 g/mol. The number of carbonyl (C=O) groups excluding carboxylic acids is 2. The third-order valence-corrected chi connectivity index (χ3v) is 5.39. The van der Waals surface area contributed by atoms with Gasteiger partial charge in [-0.1, -0.05) is 38.1 Å². The summed E-state index contributed by atoms with van der Waals surface area (Å²) in [6, 6.07) is 12.0. The zero-order chi connectivity index (χ0) is 22.1. The third kappa shape index (κ3) is 6.87. The van der Waals surface area contributed by atoms with Crippen LogP contribution in [0.3, 0.4) is 0 Å². The van der Waals surface area contributed by atoms with Gasteiger partial charge in [-0.25, -0.2) is 4.79 Å². The van der Waals surface area contributed by atoms with Crippen LogP contribution in [0.4, 0.5) is 0 Å². The first-order valence-corrected chi connectivity index (χ1v) is 10.9. The van der Waals surface area contributed by atoms with Crippen LogP contribution in [-0.4, -0.2) is 47.2 Å². The molecule has 1 aliphatic heterocycles. The number of carbonyl (C=O) groups is 2. The van der Waals surface area contributed by atoms with Crippen LogP contribution in [0.2, 0.25) is 0 Å². The van der Waals surface area contributed by atoms with E-state index in [0.717, 1.165) is 18.4 Å². The number of hydrogen-bond donors (Lipinski definition) is 1. The van der Waals surface area contributed by atoms with Crippen molar-refractivity contribution in [1.29, 1.82) is 0 Å². The molecule has 1 aliphatic rings. The van der Waals surface area contributed by atoms with Gasteiger partial charge in [0.05, 0.1) is 24.8 Å².